The summed E-state index contributed by atoms with van der Waals surface area (Å²) in [6, 6.07) is 0. The Morgan fingerprint density at radius 3 is 2.00 bits per heavy atom. The summed E-state index contributed by atoms with van der Waals surface area (Å²) in [6.07, 6.45) is 7.47. The van der Waals surface area contributed by atoms with Gasteiger partial charge in [0.25, 0.3) is 0 Å². The van der Waals surface area contributed by atoms with Gasteiger partial charge in [0.2, 0.25) is 0 Å². The van der Waals surface area contributed by atoms with Crippen LogP contribution >= 0.6 is 0 Å². The van der Waals surface area contributed by atoms with Gasteiger partial charge in [0.1, 0.15) is 0 Å². The Morgan fingerprint density at radius 1 is 0.800 bits per heavy atom. The van der Waals surface area contributed by atoms with Gasteiger partial charge in [-0.15, -0.1) is 0 Å². The molecule has 1 heterocycles. The SMILES string of the molecule is C1CC2CC[C@H](CCN1)C2. The second kappa shape index (κ2) is 2.91. The molecule has 58 valence electrons. The zero-order valence-corrected chi connectivity index (χ0v) is 6.60. The third-order valence-electron chi connectivity index (χ3n) is 3.11. The van der Waals surface area contributed by atoms with Gasteiger partial charge in [-0.2, -0.15) is 0 Å². The predicted octanol–water partition coefficient (Wildman–Crippen LogP) is 1.79. The Morgan fingerprint density at radius 2 is 1.40 bits per heavy atom. The first-order chi connectivity index (χ1) is 4.95. The van der Waals surface area contributed by atoms with E-state index in [0.29, 0.717) is 0 Å². The molecule has 2 atom stereocenters. The number of hydrogen-bond acceptors (Lipinski definition) is 1. The molecule has 2 fully saturated rings. The Kier molecular flexibility index (Phi) is 1.94. The van der Waals surface area contributed by atoms with Crippen molar-refractivity contribution in [2.24, 2.45) is 11.8 Å². The highest BCUT2D eigenvalue weighted by Crippen LogP contribution is 2.35. The molecule has 0 spiro atoms. The number of rotatable bonds is 0. The van der Waals surface area contributed by atoms with E-state index in [9.17, 15) is 0 Å². The summed E-state index contributed by atoms with van der Waals surface area (Å²) in [4.78, 5) is 0. The van der Waals surface area contributed by atoms with Gasteiger partial charge >= 0.3 is 0 Å². The van der Waals surface area contributed by atoms with Crippen molar-refractivity contribution in [3.8, 4) is 0 Å². The van der Waals surface area contributed by atoms with Gasteiger partial charge < -0.3 is 5.32 Å². The highest BCUT2D eigenvalue weighted by molar-refractivity contribution is 4.78. The van der Waals surface area contributed by atoms with E-state index in [4.69, 9.17) is 0 Å². The quantitative estimate of drug-likeness (QED) is 0.539. The summed E-state index contributed by atoms with van der Waals surface area (Å²) in [7, 11) is 0. The Balaban J connectivity index is 1.91. The maximum absolute atomic E-state index is 3.49. The first kappa shape index (κ1) is 6.66. The lowest BCUT2D eigenvalue weighted by Gasteiger charge is -2.16. The molecule has 0 aromatic rings. The van der Waals surface area contributed by atoms with Gasteiger partial charge in [-0.1, -0.05) is 12.8 Å². The van der Waals surface area contributed by atoms with Gasteiger partial charge in [-0.3, -0.25) is 0 Å². The fourth-order valence-electron chi connectivity index (χ4n) is 2.44. The molecular formula is C9H17N. The largest absolute Gasteiger partial charge is 0.317 e. The Labute approximate surface area is 63.2 Å². The van der Waals surface area contributed by atoms with Crippen molar-refractivity contribution >= 4 is 0 Å². The van der Waals surface area contributed by atoms with Gasteiger partial charge in [0.15, 0.2) is 0 Å². The van der Waals surface area contributed by atoms with Crippen LogP contribution in [0.15, 0.2) is 0 Å². The zero-order valence-electron chi connectivity index (χ0n) is 6.60. The van der Waals surface area contributed by atoms with Crippen LogP contribution in [0.25, 0.3) is 0 Å². The number of nitrogens with one attached hydrogen (secondary N) is 1. The lowest BCUT2D eigenvalue weighted by molar-refractivity contribution is 0.395. The summed E-state index contributed by atoms with van der Waals surface area (Å²) in [5.74, 6) is 2.16. The molecule has 1 aliphatic carbocycles. The predicted molar refractivity (Wildman–Crippen MR) is 42.9 cm³/mol. The smallest absolute Gasteiger partial charge is 0.00463 e. The molecule has 0 aromatic heterocycles. The summed E-state index contributed by atoms with van der Waals surface area (Å²) in [6.45, 7) is 2.55. The lowest BCUT2D eigenvalue weighted by atomic mass is 9.98. The van der Waals surface area contributed by atoms with Gasteiger partial charge in [-0.25, -0.2) is 0 Å². The van der Waals surface area contributed by atoms with Crippen molar-refractivity contribution in [3.63, 3.8) is 0 Å². The second-order valence-electron chi connectivity index (χ2n) is 3.87. The Hall–Kier alpha value is -0.0400. The highest BCUT2D eigenvalue weighted by atomic mass is 14.8. The van der Waals surface area contributed by atoms with Gasteiger partial charge in [-0.05, 0) is 44.2 Å². The fourth-order valence-corrected chi connectivity index (χ4v) is 2.44. The minimum Gasteiger partial charge on any atom is -0.317 e. The van der Waals surface area contributed by atoms with E-state index in [0.717, 1.165) is 11.8 Å². The minimum atomic E-state index is 1.08. The summed E-state index contributed by atoms with van der Waals surface area (Å²) in [5.41, 5.74) is 0. The molecular weight excluding hydrogens is 122 g/mol. The first-order valence-corrected chi connectivity index (χ1v) is 4.66. The average molecular weight is 139 g/mol. The molecule has 1 nitrogen and oxygen atoms in total. The van der Waals surface area contributed by atoms with Crippen LogP contribution in [-0.2, 0) is 0 Å². The standard InChI is InChI=1S/C9H17N/c1-2-9-4-6-10-5-3-8(1)7-9/h8-10H,1-7H2/t8-,9?/m1/s1. The van der Waals surface area contributed by atoms with Crippen LogP contribution in [0.3, 0.4) is 0 Å². The molecule has 0 amide bonds. The van der Waals surface area contributed by atoms with Crippen LogP contribution in [-0.4, -0.2) is 13.1 Å². The van der Waals surface area contributed by atoms with E-state index in [1.165, 1.54) is 38.8 Å². The molecule has 1 heteroatoms. The monoisotopic (exact) mass is 139 g/mol. The van der Waals surface area contributed by atoms with Gasteiger partial charge in [0.05, 0.1) is 0 Å². The molecule has 10 heavy (non-hydrogen) atoms. The molecule has 1 N–H and O–H groups in total. The fraction of sp³-hybridized carbons (Fsp3) is 1.00. The molecule has 2 bridgehead atoms. The van der Waals surface area contributed by atoms with E-state index in [1.54, 1.807) is 6.42 Å². The van der Waals surface area contributed by atoms with E-state index < -0.39 is 0 Å². The topological polar surface area (TPSA) is 12.0 Å². The van der Waals surface area contributed by atoms with E-state index >= 15 is 0 Å². The Bertz CT molecular complexity index is 99.3. The molecule has 2 rings (SSSR count). The lowest BCUT2D eigenvalue weighted by Crippen LogP contribution is -2.22. The van der Waals surface area contributed by atoms with Crippen molar-refractivity contribution in [2.75, 3.05) is 13.1 Å². The molecule has 0 aromatic carbocycles. The minimum absolute atomic E-state index is 1.08. The van der Waals surface area contributed by atoms with Crippen LogP contribution in [0.5, 0.6) is 0 Å². The third kappa shape index (κ3) is 1.34. The maximum atomic E-state index is 3.49. The van der Waals surface area contributed by atoms with E-state index in [1.807, 2.05) is 0 Å². The van der Waals surface area contributed by atoms with Crippen LogP contribution in [0.4, 0.5) is 0 Å². The summed E-state index contributed by atoms with van der Waals surface area (Å²) in [5, 5.41) is 3.49. The summed E-state index contributed by atoms with van der Waals surface area (Å²) < 4.78 is 0. The summed E-state index contributed by atoms with van der Waals surface area (Å²) >= 11 is 0. The number of hydrogen-bond donors (Lipinski definition) is 1. The first-order valence-electron chi connectivity index (χ1n) is 4.66. The van der Waals surface area contributed by atoms with Crippen LogP contribution in [0.2, 0.25) is 0 Å². The van der Waals surface area contributed by atoms with Gasteiger partial charge in [0, 0.05) is 0 Å². The second-order valence-corrected chi connectivity index (χ2v) is 3.87. The van der Waals surface area contributed by atoms with Crippen molar-refractivity contribution in [1.82, 2.24) is 5.32 Å². The normalized spacial score (nSPS) is 40.8. The van der Waals surface area contributed by atoms with Crippen molar-refractivity contribution in [2.45, 2.75) is 32.1 Å². The zero-order chi connectivity index (χ0) is 6.81. The van der Waals surface area contributed by atoms with Crippen molar-refractivity contribution in [3.05, 3.63) is 0 Å². The van der Waals surface area contributed by atoms with E-state index in [2.05, 4.69) is 5.32 Å². The molecule has 1 unspecified atom stereocenters. The number of fused-ring (bicyclic) bond motifs is 2. The molecule has 1 aliphatic heterocycles. The van der Waals surface area contributed by atoms with Crippen molar-refractivity contribution in [1.29, 1.82) is 0 Å². The van der Waals surface area contributed by atoms with Crippen molar-refractivity contribution < 1.29 is 0 Å². The van der Waals surface area contributed by atoms with Crippen LogP contribution in [0, 0.1) is 11.8 Å². The third-order valence-corrected chi connectivity index (χ3v) is 3.11. The highest BCUT2D eigenvalue weighted by Gasteiger charge is 2.24. The van der Waals surface area contributed by atoms with Crippen LogP contribution < -0.4 is 5.32 Å². The maximum Gasteiger partial charge on any atom is -0.00463 e. The molecule has 0 radical (unpaired) electrons. The molecule has 1 saturated heterocycles. The van der Waals surface area contributed by atoms with Crippen LogP contribution in [0.1, 0.15) is 32.1 Å². The molecule has 2 aliphatic rings. The average Bonchev–Trinajstić information content (AvgIpc) is 2.30. The molecule has 1 saturated carbocycles. The van der Waals surface area contributed by atoms with E-state index in [-0.39, 0.29) is 0 Å².